The second kappa shape index (κ2) is 6.36. The topological polar surface area (TPSA) is 66.8 Å². The molecule has 7 heteroatoms. The normalized spacial score (nSPS) is 51.4. The minimum absolute atomic E-state index is 0.0464. The highest BCUT2D eigenvalue weighted by atomic mass is 79.9. The van der Waals surface area contributed by atoms with Crippen molar-refractivity contribution >= 4 is 49.4 Å². The van der Waals surface area contributed by atoms with Gasteiger partial charge in [0, 0.05) is 28.4 Å². The Morgan fingerprint density at radius 3 is 2.12 bits per heavy atom. The van der Waals surface area contributed by atoms with Crippen molar-refractivity contribution in [3.8, 4) is 0 Å². The molecule has 0 saturated heterocycles. The Kier molecular flexibility index (Phi) is 5.55. The largest absolute Gasteiger partial charge is 0.459 e. The molecule has 0 spiro atoms. The fourth-order valence-electron chi connectivity index (χ4n) is 4.49. The summed E-state index contributed by atoms with van der Waals surface area (Å²) in [5.74, 6) is -0.455. The van der Waals surface area contributed by atoms with Crippen LogP contribution in [0.3, 0.4) is 0 Å². The summed E-state index contributed by atoms with van der Waals surface area (Å²) in [6, 6.07) is 0. The lowest BCUT2D eigenvalue weighted by atomic mass is 9.53. The monoisotopic (exact) mass is 488 g/mol. The number of hydrogen-bond donors (Lipinski definition) is 2. The average molecular weight is 491 g/mol. The smallest absolute Gasteiger partial charge is 0.303 e. The van der Waals surface area contributed by atoms with Gasteiger partial charge in [0.05, 0.1) is 11.0 Å². The summed E-state index contributed by atoms with van der Waals surface area (Å²) in [5, 5.41) is 22.7. The van der Waals surface area contributed by atoms with Gasteiger partial charge in [-0.2, -0.15) is 0 Å². The lowest BCUT2D eigenvalue weighted by Gasteiger charge is -2.59. The second-order valence-corrected chi connectivity index (χ2v) is 11.4. The second-order valence-electron chi connectivity index (χ2n) is 8.32. The third-order valence-electron chi connectivity index (χ3n) is 6.69. The number of aliphatic hydroxyl groups is 2. The number of carbonyl (C=O) groups excluding carboxylic acids is 1. The standard InChI is InChI=1S/C17H27Br2ClO4/c1-9(21)24-13-8-15(4,20)11(19)7-17(13,23)16(5)12(22)6-10(18)14(16,2)3/h10-13,22-23H,6-8H2,1-5H3. The molecule has 0 radical (unpaired) electrons. The maximum Gasteiger partial charge on any atom is 0.303 e. The van der Waals surface area contributed by atoms with Crippen molar-refractivity contribution in [2.45, 2.75) is 86.2 Å². The van der Waals surface area contributed by atoms with Gasteiger partial charge in [-0.3, -0.25) is 4.79 Å². The van der Waals surface area contributed by atoms with Crippen LogP contribution < -0.4 is 0 Å². The number of rotatable bonds is 2. The maximum absolute atomic E-state index is 11.8. The minimum Gasteiger partial charge on any atom is -0.459 e. The van der Waals surface area contributed by atoms with E-state index >= 15 is 0 Å². The molecule has 2 saturated carbocycles. The molecule has 0 aromatic carbocycles. The molecule has 2 aliphatic rings. The molecule has 140 valence electrons. The summed E-state index contributed by atoms with van der Waals surface area (Å²) in [6.07, 6.45) is -0.362. The summed E-state index contributed by atoms with van der Waals surface area (Å²) in [4.78, 5) is 10.9. The number of halogens is 3. The van der Waals surface area contributed by atoms with Gasteiger partial charge in [0.1, 0.15) is 11.7 Å². The molecule has 7 atom stereocenters. The lowest BCUT2D eigenvalue weighted by molar-refractivity contribution is -0.236. The first kappa shape index (κ1) is 20.9. The van der Waals surface area contributed by atoms with Gasteiger partial charge in [0.25, 0.3) is 0 Å². The van der Waals surface area contributed by atoms with E-state index in [4.69, 9.17) is 16.3 Å². The molecule has 0 heterocycles. The molecular weight excluding hydrogens is 463 g/mol. The summed E-state index contributed by atoms with van der Waals surface area (Å²) in [7, 11) is 0. The predicted octanol–water partition coefficient (Wildman–Crippen LogP) is 3.76. The van der Waals surface area contributed by atoms with E-state index in [2.05, 4.69) is 31.9 Å². The summed E-state index contributed by atoms with van der Waals surface area (Å²) in [6.45, 7) is 9.16. The van der Waals surface area contributed by atoms with E-state index in [-0.39, 0.29) is 9.65 Å². The Hall–Kier alpha value is 0.640. The first-order valence-corrected chi connectivity index (χ1v) is 10.5. The fourth-order valence-corrected chi connectivity index (χ4v) is 6.22. The van der Waals surface area contributed by atoms with Gasteiger partial charge in [0.15, 0.2) is 0 Å². The SMILES string of the molecule is CC(=O)OC1CC(C)(Cl)C(Br)CC1(O)C1(C)C(O)CC(Br)C1(C)C. The molecule has 0 aliphatic heterocycles. The van der Waals surface area contributed by atoms with Crippen LogP contribution >= 0.6 is 43.5 Å². The van der Waals surface area contributed by atoms with E-state index in [0.717, 1.165) is 0 Å². The molecule has 0 amide bonds. The van der Waals surface area contributed by atoms with Crippen LogP contribution in [0.15, 0.2) is 0 Å². The van der Waals surface area contributed by atoms with Crippen molar-refractivity contribution in [3.05, 3.63) is 0 Å². The molecule has 2 fully saturated rings. The predicted molar refractivity (Wildman–Crippen MR) is 102 cm³/mol. The van der Waals surface area contributed by atoms with Gasteiger partial charge in [0.2, 0.25) is 0 Å². The van der Waals surface area contributed by atoms with Crippen LogP contribution in [0.1, 0.15) is 53.9 Å². The van der Waals surface area contributed by atoms with Crippen molar-refractivity contribution in [2.75, 3.05) is 0 Å². The van der Waals surface area contributed by atoms with Crippen molar-refractivity contribution in [1.82, 2.24) is 0 Å². The third-order valence-corrected chi connectivity index (χ3v) is 10.2. The lowest BCUT2D eigenvalue weighted by Crippen LogP contribution is -2.69. The Labute approximate surface area is 165 Å². The summed E-state index contributed by atoms with van der Waals surface area (Å²) < 4.78 is 5.52. The zero-order valence-corrected chi connectivity index (χ0v) is 18.7. The molecule has 2 N–H and O–H groups in total. The van der Waals surface area contributed by atoms with Crippen molar-refractivity contribution in [3.63, 3.8) is 0 Å². The number of carbonyl (C=O) groups is 1. The van der Waals surface area contributed by atoms with Crippen LogP contribution in [0.25, 0.3) is 0 Å². The molecule has 0 aromatic rings. The quantitative estimate of drug-likeness (QED) is 0.457. The van der Waals surface area contributed by atoms with Crippen LogP contribution in [-0.2, 0) is 9.53 Å². The van der Waals surface area contributed by atoms with E-state index in [1.807, 2.05) is 27.7 Å². The zero-order chi connectivity index (χ0) is 18.7. The zero-order valence-electron chi connectivity index (χ0n) is 14.8. The first-order chi connectivity index (χ1) is 10.7. The Morgan fingerprint density at radius 1 is 1.17 bits per heavy atom. The van der Waals surface area contributed by atoms with Crippen molar-refractivity contribution in [2.24, 2.45) is 10.8 Å². The Balaban J connectivity index is 2.56. The van der Waals surface area contributed by atoms with Crippen LogP contribution in [-0.4, -0.2) is 48.5 Å². The van der Waals surface area contributed by atoms with Gasteiger partial charge in [-0.25, -0.2) is 0 Å². The van der Waals surface area contributed by atoms with Crippen LogP contribution in [0.2, 0.25) is 0 Å². The average Bonchev–Trinajstić information content (AvgIpc) is 2.57. The minimum atomic E-state index is -1.40. The van der Waals surface area contributed by atoms with E-state index in [1.165, 1.54) is 6.92 Å². The van der Waals surface area contributed by atoms with E-state index < -0.39 is 39.5 Å². The summed E-state index contributed by atoms with van der Waals surface area (Å²) in [5.41, 5.74) is -2.67. The molecule has 0 aromatic heterocycles. The maximum atomic E-state index is 11.8. The van der Waals surface area contributed by atoms with Gasteiger partial charge in [-0.15, -0.1) is 11.6 Å². The molecule has 0 bridgehead atoms. The number of alkyl halides is 3. The Morgan fingerprint density at radius 2 is 1.71 bits per heavy atom. The van der Waals surface area contributed by atoms with Gasteiger partial charge in [-0.1, -0.05) is 52.6 Å². The Bertz CT molecular complexity index is 527. The van der Waals surface area contributed by atoms with E-state index in [1.54, 1.807) is 0 Å². The fraction of sp³-hybridized carbons (Fsp3) is 0.941. The molecule has 24 heavy (non-hydrogen) atoms. The number of ether oxygens (including phenoxy) is 1. The van der Waals surface area contributed by atoms with Gasteiger partial charge >= 0.3 is 5.97 Å². The van der Waals surface area contributed by atoms with Crippen molar-refractivity contribution < 1.29 is 19.7 Å². The number of hydrogen-bond acceptors (Lipinski definition) is 4. The molecule has 4 nitrogen and oxygen atoms in total. The molecule has 2 rings (SSSR count). The highest BCUT2D eigenvalue weighted by Gasteiger charge is 2.70. The van der Waals surface area contributed by atoms with Crippen LogP contribution in [0.5, 0.6) is 0 Å². The number of esters is 1. The van der Waals surface area contributed by atoms with Crippen LogP contribution in [0.4, 0.5) is 0 Å². The summed E-state index contributed by atoms with van der Waals surface area (Å²) >= 11 is 13.9. The molecular formula is C17H27Br2ClO4. The van der Waals surface area contributed by atoms with Gasteiger partial charge < -0.3 is 14.9 Å². The van der Waals surface area contributed by atoms with E-state index in [9.17, 15) is 15.0 Å². The third kappa shape index (κ3) is 2.88. The first-order valence-electron chi connectivity index (χ1n) is 8.25. The number of aliphatic hydroxyl groups excluding tert-OH is 1. The van der Waals surface area contributed by atoms with E-state index in [0.29, 0.717) is 19.3 Å². The molecule has 7 unspecified atom stereocenters. The highest BCUT2D eigenvalue weighted by molar-refractivity contribution is 9.09. The van der Waals surface area contributed by atoms with Crippen molar-refractivity contribution in [1.29, 1.82) is 0 Å². The highest BCUT2D eigenvalue weighted by Crippen LogP contribution is 2.64. The molecule has 2 aliphatic carbocycles. The van der Waals surface area contributed by atoms with Gasteiger partial charge in [-0.05, 0) is 25.2 Å². The van der Waals surface area contributed by atoms with Crippen LogP contribution in [0, 0.1) is 10.8 Å².